The second kappa shape index (κ2) is 8.62. The molecule has 1 heterocycles. The van der Waals surface area contributed by atoms with Crippen LogP contribution in [-0.4, -0.2) is 31.7 Å². The average molecular weight is 343 g/mol. The predicted octanol–water partition coefficient (Wildman–Crippen LogP) is 2.58. The zero-order valence-corrected chi connectivity index (χ0v) is 13.9. The minimum Gasteiger partial charge on any atom is -0.366 e. The molecule has 2 unspecified atom stereocenters. The van der Waals surface area contributed by atoms with E-state index in [2.05, 4.69) is 10.6 Å². The smallest absolute Gasteiger partial charge is 0.250 e. The second-order valence-corrected chi connectivity index (χ2v) is 6.15. The SMILES string of the molecule is Cl.O=C(NC(c1cccc(F)c1)C1CCCC1)C1CNCCO1. The van der Waals surface area contributed by atoms with Gasteiger partial charge in [-0.15, -0.1) is 12.4 Å². The Kier molecular flexibility index (Phi) is 6.81. The zero-order valence-electron chi connectivity index (χ0n) is 13.1. The van der Waals surface area contributed by atoms with Crippen molar-refractivity contribution in [1.29, 1.82) is 0 Å². The van der Waals surface area contributed by atoms with Crippen molar-refractivity contribution in [2.75, 3.05) is 19.7 Å². The van der Waals surface area contributed by atoms with Crippen molar-refractivity contribution >= 4 is 18.3 Å². The fourth-order valence-electron chi connectivity index (χ4n) is 3.44. The van der Waals surface area contributed by atoms with Gasteiger partial charge in [0, 0.05) is 13.1 Å². The summed E-state index contributed by atoms with van der Waals surface area (Å²) in [6.45, 7) is 1.86. The molecule has 1 aromatic carbocycles. The molecule has 1 aromatic rings. The molecule has 0 aromatic heterocycles. The van der Waals surface area contributed by atoms with Crippen molar-refractivity contribution in [3.8, 4) is 0 Å². The van der Waals surface area contributed by atoms with Crippen molar-refractivity contribution in [2.45, 2.75) is 37.8 Å². The van der Waals surface area contributed by atoms with Gasteiger partial charge in [-0.3, -0.25) is 4.79 Å². The summed E-state index contributed by atoms with van der Waals surface area (Å²) in [5.74, 6) is 0.0148. The van der Waals surface area contributed by atoms with Gasteiger partial charge in [0.1, 0.15) is 11.9 Å². The molecule has 4 nitrogen and oxygen atoms in total. The van der Waals surface area contributed by atoms with Crippen LogP contribution in [0.2, 0.25) is 0 Å². The number of carbonyl (C=O) groups is 1. The fraction of sp³-hybridized carbons (Fsp3) is 0.588. The highest BCUT2D eigenvalue weighted by Gasteiger charge is 2.31. The Bertz CT molecular complexity index is 517. The molecule has 3 rings (SSSR count). The minimum absolute atomic E-state index is 0. The van der Waals surface area contributed by atoms with E-state index in [1.807, 2.05) is 6.07 Å². The lowest BCUT2D eigenvalue weighted by atomic mass is 9.91. The first kappa shape index (κ1) is 18.2. The molecule has 6 heteroatoms. The third kappa shape index (κ3) is 4.66. The van der Waals surface area contributed by atoms with Crippen molar-refractivity contribution in [3.63, 3.8) is 0 Å². The van der Waals surface area contributed by atoms with Gasteiger partial charge in [0.25, 0.3) is 5.91 Å². The summed E-state index contributed by atoms with van der Waals surface area (Å²) in [6, 6.07) is 6.44. The highest BCUT2D eigenvalue weighted by Crippen LogP contribution is 2.36. The van der Waals surface area contributed by atoms with Gasteiger partial charge < -0.3 is 15.4 Å². The molecule has 2 atom stereocenters. The van der Waals surface area contributed by atoms with Crippen LogP contribution in [0.3, 0.4) is 0 Å². The van der Waals surface area contributed by atoms with Crippen LogP contribution in [0.1, 0.15) is 37.3 Å². The number of morpholine rings is 1. The molecule has 1 saturated carbocycles. The van der Waals surface area contributed by atoms with Crippen LogP contribution >= 0.6 is 12.4 Å². The van der Waals surface area contributed by atoms with Crippen LogP contribution in [0, 0.1) is 11.7 Å². The van der Waals surface area contributed by atoms with Crippen LogP contribution in [0.5, 0.6) is 0 Å². The van der Waals surface area contributed by atoms with Gasteiger partial charge in [0.05, 0.1) is 12.6 Å². The van der Waals surface area contributed by atoms with Crippen molar-refractivity contribution in [1.82, 2.24) is 10.6 Å². The molecule has 2 fully saturated rings. The number of hydrogen-bond acceptors (Lipinski definition) is 3. The van der Waals surface area contributed by atoms with Gasteiger partial charge in [0.15, 0.2) is 0 Å². The molecular weight excluding hydrogens is 319 g/mol. The third-order valence-electron chi connectivity index (χ3n) is 4.60. The Morgan fingerprint density at radius 3 is 2.78 bits per heavy atom. The van der Waals surface area contributed by atoms with E-state index in [0.717, 1.165) is 24.9 Å². The minimum atomic E-state index is -0.453. The first-order chi connectivity index (χ1) is 10.7. The molecule has 1 aliphatic carbocycles. The van der Waals surface area contributed by atoms with Gasteiger partial charge >= 0.3 is 0 Å². The Morgan fingerprint density at radius 1 is 1.35 bits per heavy atom. The largest absolute Gasteiger partial charge is 0.366 e. The summed E-state index contributed by atoms with van der Waals surface area (Å²) in [4.78, 5) is 12.5. The van der Waals surface area contributed by atoms with E-state index in [4.69, 9.17) is 4.74 Å². The van der Waals surface area contributed by atoms with E-state index in [1.54, 1.807) is 6.07 Å². The molecule has 1 aliphatic heterocycles. The molecule has 128 valence electrons. The Hall–Kier alpha value is -1.17. The third-order valence-corrected chi connectivity index (χ3v) is 4.60. The normalized spacial score (nSPS) is 23.1. The maximum Gasteiger partial charge on any atom is 0.250 e. The number of rotatable bonds is 4. The molecule has 23 heavy (non-hydrogen) atoms. The van der Waals surface area contributed by atoms with E-state index >= 15 is 0 Å². The zero-order chi connectivity index (χ0) is 15.4. The van der Waals surface area contributed by atoms with Crippen LogP contribution in [-0.2, 0) is 9.53 Å². The predicted molar refractivity (Wildman–Crippen MR) is 89.1 cm³/mol. The lowest BCUT2D eigenvalue weighted by molar-refractivity contribution is -0.135. The first-order valence-corrected chi connectivity index (χ1v) is 8.12. The number of carbonyl (C=O) groups excluding carboxylic acids is 1. The topological polar surface area (TPSA) is 50.4 Å². The van der Waals surface area contributed by atoms with E-state index in [1.165, 1.54) is 25.0 Å². The lowest BCUT2D eigenvalue weighted by Gasteiger charge is -2.29. The number of amides is 1. The number of halogens is 2. The van der Waals surface area contributed by atoms with E-state index in [9.17, 15) is 9.18 Å². The standard InChI is InChI=1S/C17H23FN2O2.ClH/c18-14-7-3-6-13(10-14)16(12-4-1-2-5-12)20-17(21)15-11-19-8-9-22-15;/h3,6-7,10,12,15-16,19H,1-2,4-5,8-9,11H2,(H,20,21);1H. The van der Waals surface area contributed by atoms with Gasteiger partial charge in [0.2, 0.25) is 0 Å². The quantitative estimate of drug-likeness (QED) is 0.884. The lowest BCUT2D eigenvalue weighted by Crippen LogP contribution is -2.49. The molecule has 0 spiro atoms. The number of benzene rings is 1. The van der Waals surface area contributed by atoms with Crippen LogP contribution in [0.4, 0.5) is 4.39 Å². The Morgan fingerprint density at radius 2 is 2.13 bits per heavy atom. The van der Waals surface area contributed by atoms with E-state index in [-0.39, 0.29) is 30.2 Å². The maximum atomic E-state index is 13.6. The highest BCUT2D eigenvalue weighted by molar-refractivity contribution is 5.85. The average Bonchev–Trinajstić information content (AvgIpc) is 3.07. The van der Waals surface area contributed by atoms with E-state index < -0.39 is 6.10 Å². The Balaban J connectivity index is 0.00000192. The summed E-state index contributed by atoms with van der Waals surface area (Å²) in [5, 5.41) is 6.26. The molecule has 1 amide bonds. The van der Waals surface area contributed by atoms with Gasteiger partial charge in [-0.2, -0.15) is 0 Å². The summed E-state index contributed by atoms with van der Waals surface area (Å²) >= 11 is 0. The van der Waals surface area contributed by atoms with Gasteiger partial charge in [-0.1, -0.05) is 25.0 Å². The van der Waals surface area contributed by atoms with Crippen LogP contribution < -0.4 is 10.6 Å². The Labute approximate surface area is 142 Å². The van der Waals surface area contributed by atoms with Gasteiger partial charge in [-0.25, -0.2) is 4.39 Å². The fourth-order valence-corrected chi connectivity index (χ4v) is 3.44. The summed E-state index contributed by atoms with van der Waals surface area (Å²) in [5.41, 5.74) is 0.851. The molecule has 0 radical (unpaired) electrons. The number of hydrogen-bond donors (Lipinski definition) is 2. The van der Waals surface area contributed by atoms with Crippen molar-refractivity contribution in [3.05, 3.63) is 35.6 Å². The van der Waals surface area contributed by atoms with Crippen molar-refractivity contribution < 1.29 is 13.9 Å². The maximum absolute atomic E-state index is 13.6. The van der Waals surface area contributed by atoms with Gasteiger partial charge in [-0.05, 0) is 36.5 Å². The first-order valence-electron chi connectivity index (χ1n) is 8.12. The molecular formula is C17H24ClFN2O2. The summed E-state index contributed by atoms with van der Waals surface area (Å²) < 4.78 is 19.1. The van der Waals surface area contributed by atoms with Crippen LogP contribution in [0.25, 0.3) is 0 Å². The van der Waals surface area contributed by atoms with Crippen LogP contribution in [0.15, 0.2) is 24.3 Å². The second-order valence-electron chi connectivity index (χ2n) is 6.15. The van der Waals surface area contributed by atoms with E-state index in [0.29, 0.717) is 19.1 Å². The molecule has 2 aliphatic rings. The summed E-state index contributed by atoms with van der Waals surface area (Å²) in [7, 11) is 0. The molecule has 1 saturated heterocycles. The monoisotopic (exact) mass is 342 g/mol. The molecule has 0 bridgehead atoms. The number of nitrogens with one attached hydrogen (secondary N) is 2. The van der Waals surface area contributed by atoms with Crippen molar-refractivity contribution in [2.24, 2.45) is 5.92 Å². The summed E-state index contributed by atoms with van der Waals surface area (Å²) in [6.07, 6.45) is 4.05. The number of ether oxygens (including phenoxy) is 1. The highest BCUT2D eigenvalue weighted by atomic mass is 35.5. The molecule has 2 N–H and O–H groups in total.